The lowest BCUT2D eigenvalue weighted by molar-refractivity contribution is -0.0672. The van der Waals surface area contributed by atoms with E-state index in [9.17, 15) is 13.2 Å². The molecule has 0 aromatic heterocycles. The molecule has 1 saturated heterocycles. The molecule has 2 unspecified atom stereocenters. The van der Waals surface area contributed by atoms with Gasteiger partial charge in [0.15, 0.2) is 0 Å². The van der Waals surface area contributed by atoms with Crippen LogP contribution in [0.2, 0.25) is 0 Å². The Morgan fingerprint density at radius 2 is 1.78 bits per heavy atom. The number of morpholine rings is 1. The monoisotopic (exact) mass is 457 g/mol. The van der Waals surface area contributed by atoms with Gasteiger partial charge in [-0.2, -0.15) is 4.31 Å². The maximum absolute atomic E-state index is 13.2. The molecule has 32 heavy (non-hydrogen) atoms. The smallest absolute Gasteiger partial charge is 0.251 e. The number of amides is 1. The second-order valence-electron chi connectivity index (χ2n) is 8.66. The number of rotatable bonds is 6. The quantitative estimate of drug-likeness (QED) is 0.720. The van der Waals surface area contributed by atoms with Crippen molar-refractivity contribution in [3.63, 3.8) is 0 Å². The lowest BCUT2D eigenvalue weighted by Crippen LogP contribution is -2.47. The van der Waals surface area contributed by atoms with Gasteiger partial charge >= 0.3 is 0 Å². The first-order valence-corrected chi connectivity index (χ1v) is 12.6. The van der Waals surface area contributed by atoms with Gasteiger partial charge in [-0.25, -0.2) is 8.42 Å². The van der Waals surface area contributed by atoms with Gasteiger partial charge < -0.3 is 10.1 Å². The maximum atomic E-state index is 13.2. The van der Waals surface area contributed by atoms with E-state index in [1.807, 2.05) is 38.1 Å². The molecule has 2 atom stereocenters. The number of carbonyl (C=O) groups excluding carboxylic acids is 1. The highest BCUT2D eigenvalue weighted by Gasteiger charge is 2.28. The molecule has 8 heteroatoms. The van der Waals surface area contributed by atoms with E-state index in [0.717, 1.165) is 25.2 Å². The van der Waals surface area contributed by atoms with Gasteiger partial charge in [-0.3, -0.25) is 9.69 Å². The maximum Gasteiger partial charge on any atom is 0.251 e. The molecule has 2 aromatic carbocycles. The average molecular weight is 458 g/mol. The van der Waals surface area contributed by atoms with E-state index >= 15 is 0 Å². The van der Waals surface area contributed by atoms with Crippen molar-refractivity contribution in [3.05, 3.63) is 65.2 Å². The molecule has 1 amide bonds. The SMILES string of the molecule is CC1CN(CCNC(=O)c2cccc(S(=O)(=O)N3CCc4ccccc4C3)c2)CC(C)O1. The minimum absolute atomic E-state index is 0.153. The molecule has 4 rings (SSSR count). The third-order valence-corrected chi connectivity index (χ3v) is 7.88. The van der Waals surface area contributed by atoms with Crippen molar-refractivity contribution in [1.82, 2.24) is 14.5 Å². The Bertz CT molecular complexity index is 1060. The van der Waals surface area contributed by atoms with Crippen LogP contribution in [-0.2, 0) is 27.7 Å². The van der Waals surface area contributed by atoms with Crippen molar-refractivity contribution in [1.29, 1.82) is 0 Å². The Morgan fingerprint density at radius 1 is 1.06 bits per heavy atom. The molecule has 0 aliphatic carbocycles. The topological polar surface area (TPSA) is 79.0 Å². The van der Waals surface area contributed by atoms with Crippen LogP contribution in [0.3, 0.4) is 0 Å². The Kier molecular flexibility index (Phi) is 6.95. The van der Waals surface area contributed by atoms with E-state index in [0.29, 0.717) is 31.6 Å². The molecular weight excluding hydrogens is 426 g/mol. The zero-order chi connectivity index (χ0) is 22.7. The fraction of sp³-hybridized carbons (Fsp3) is 0.458. The minimum atomic E-state index is -3.68. The molecule has 0 saturated carbocycles. The number of hydrogen-bond acceptors (Lipinski definition) is 5. The van der Waals surface area contributed by atoms with Gasteiger partial charge in [-0.05, 0) is 49.6 Å². The molecular formula is C24H31N3O4S. The summed E-state index contributed by atoms with van der Waals surface area (Å²) in [4.78, 5) is 15.1. The Balaban J connectivity index is 1.39. The summed E-state index contributed by atoms with van der Waals surface area (Å²) >= 11 is 0. The summed E-state index contributed by atoms with van der Waals surface area (Å²) in [6.07, 6.45) is 1.05. The summed E-state index contributed by atoms with van der Waals surface area (Å²) < 4.78 is 33.7. The number of fused-ring (bicyclic) bond motifs is 1. The fourth-order valence-electron chi connectivity index (χ4n) is 4.52. The number of sulfonamides is 1. The number of benzene rings is 2. The van der Waals surface area contributed by atoms with Crippen LogP contribution in [-0.4, -0.2) is 68.5 Å². The normalized spacial score (nSPS) is 22.3. The van der Waals surface area contributed by atoms with Crippen LogP contribution in [0.5, 0.6) is 0 Å². The first-order valence-electron chi connectivity index (χ1n) is 11.2. The number of ether oxygens (including phenoxy) is 1. The van der Waals surface area contributed by atoms with Crippen molar-refractivity contribution in [2.24, 2.45) is 0 Å². The van der Waals surface area contributed by atoms with Crippen LogP contribution in [0.15, 0.2) is 53.4 Å². The molecule has 0 bridgehead atoms. The third-order valence-electron chi connectivity index (χ3n) is 6.04. The number of carbonyl (C=O) groups is 1. The van der Waals surface area contributed by atoms with Crippen LogP contribution in [0.1, 0.15) is 35.3 Å². The predicted molar refractivity (Wildman–Crippen MR) is 123 cm³/mol. The highest BCUT2D eigenvalue weighted by Crippen LogP contribution is 2.25. The highest BCUT2D eigenvalue weighted by molar-refractivity contribution is 7.89. The second-order valence-corrected chi connectivity index (χ2v) is 10.6. The van der Waals surface area contributed by atoms with Crippen molar-refractivity contribution in [3.8, 4) is 0 Å². The number of nitrogens with one attached hydrogen (secondary N) is 1. The van der Waals surface area contributed by atoms with E-state index in [4.69, 9.17) is 4.74 Å². The molecule has 2 aliphatic rings. The van der Waals surface area contributed by atoms with Gasteiger partial charge in [0.25, 0.3) is 5.91 Å². The highest BCUT2D eigenvalue weighted by atomic mass is 32.2. The van der Waals surface area contributed by atoms with Gasteiger partial charge in [0.2, 0.25) is 10.0 Å². The summed E-state index contributed by atoms with van der Waals surface area (Å²) in [7, 11) is -3.68. The second kappa shape index (κ2) is 9.70. The first kappa shape index (κ1) is 22.9. The Labute approximate surface area is 190 Å². The standard InChI is InChI=1S/C24H31N3O4S/c1-18-15-26(16-19(2)31-18)13-11-25-24(28)21-8-5-9-23(14-21)32(29,30)27-12-10-20-6-3-4-7-22(20)17-27/h3-9,14,18-19H,10-13,15-17H2,1-2H3,(H,25,28). The lowest BCUT2D eigenvalue weighted by atomic mass is 10.0. The summed E-state index contributed by atoms with van der Waals surface area (Å²) in [5, 5.41) is 2.92. The lowest BCUT2D eigenvalue weighted by Gasteiger charge is -2.35. The Morgan fingerprint density at radius 3 is 2.53 bits per heavy atom. The van der Waals surface area contributed by atoms with E-state index in [2.05, 4.69) is 10.2 Å². The molecule has 2 aliphatic heterocycles. The summed E-state index contributed by atoms with van der Waals surface area (Å²) in [6.45, 7) is 7.80. The molecule has 2 aromatic rings. The molecule has 2 heterocycles. The summed E-state index contributed by atoms with van der Waals surface area (Å²) in [5.41, 5.74) is 2.58. The van der Waals surface area contributed by atoms with E-state index in [1.54, 1.807) is 18.2 Å². The summed E-state index contributed by atoms with van der Waals surface area (Å²) in [5.74, 6) is -0.264. The van der Waals surface area contributed by atoms with Gasteiger partial charge in [-0.1, -0.05) is 30.3 Å². The Hall–Kier alpha value is -2.26. The van der Waals surface area contributed by atoms with Crippen LogP contribution < -0.4 is 5.32 Å². The average Bonchev–Trinajstić information content (AvgIpc) is 2.78. The van der Waals surface area contributed by atoms with Gasteiger partial charge in [0, 0.05) is 44.8 Å². The minimum Gasteiger partial charge on any atom is -0.373 e. The zero-order valence-corrected chi connectivity index (χ0v) is 19.5. The van der Waals surface area contributed by atoms with Crippen molar-refractivity contribution in [2.75, 3.05) is 32.7 Å². The van der Waals surface area contributed by atoms with Crippen molar-refractivity contribution < 1.29 is 17.9 Å². The largest absolute Gasteiger partial charge is 0.373 e. The van der Waals surface area contributed by atoms with Gasteiger partial charge in [-0.15, -0.1) is 0 Å². The molecule has 7 nitrogen and oxygen atoms in total. The zero-order valence-electron chi connectivity index (χ0n) is 18.7. The van der Waals surface area contributed by atoms with E-state index in [1.165, 1.54) is 15.9 Å². The van der Waals surface area contributed by atoms with Crippen LogP contribution >= 0.6 is 0 Å². The fourth-order valence-corrected chi connectivity index (χ4v) is 5.98. The van der Waals surface area contributed by atoms with E-state index in [-0.39, 0.29) is 23.0 Å². The molecule has 0 spiro atoms. The number of hydrogen-bond donors (Lipinski definition) is 1. The molecule has 1 fully saturated rings. The number of nitrogens with zero attached hydrogens (tertiary/aromatic N) is 2. The first-order chi connectivity index (χ1) is 15.3. The molecule has 1 N–H and O–H groups in total. The summed E-state index contributed by atoms with van der Waals surface area (Å²) in [6, 6.07) is 14.2. The van der Waals surface area contributed by atoms with Gasteiger partial charge in [0.1, 0.15) is 0 Å². The van der Waals surface area contributed by atoms with Crippen molar-refractivity contribution >= 4 is 15.9 Å². The van der Waals surface area contributed by atoms with Crippen LogP contribution in [0.4, 0.5) is 0 Å². The third kappa shape index (κ3) is 5.20. The predicted octanol–water partition coefficient (Wildman–Crippen LogP) is 2.27. The molecule has 172 valence electrons. The van der Waals surface area contributed by atoms with Gasteiger partial charge in [0.05, 0.1) is 17.1 Å². The van der Waals surface area contributed by atoms with Crippen LogP contribution in [0.25, 0.3) is 0 Å². The van der Waals surface area contributed by atoms with Crippen molar-refractivity contribution in [2.45, 2.75) is 43.9 Å². The van der Waals surface area contributed by atoms with Crippen LogP contribution in [0, 0.1) is 0 Å². The van der Waals surface area contributed by atoms with E-state index < -0.39 is 10.0 Å². The molecule has 0 radical (unpaired) electrons.